The van der Waals surface area contributed by atoms with Gasteiger partial charge in [-0.25, -0.2) is 0 Å². The highest BCUT2D eigenvalue weighted by atomic mass is 16.6. The molecule has 1 N–H and O–H groups in total. The number of rotatable bonds is 5. The molecule has 0 spiro atoms. The van der Waals surface area contributed by atoms with Gasteiger partial charge in [-0.1, -0.05) is 0 Å². The molecule has 0 aromatic heterocycles. The smallest absolute Gasteiger partial charge is 0.128 e. The number of hydrogen-bond donors (Lipinski definition) is 1. The molecule has 2 rings (SSSR count). The molecule has 0 radical (unpaired) electrons. The highest BCUT2D eigenvalue weighted by Crippen LogP contribution is 2.31. The maximum absolute atomic E-state index is 9.31. The molecule has 1 fully saturated rings. The van der Waals surface area contributed by atoms with Crippen molar-refractivity contribution in [3.63, 3.8) is 0 Å². The summed E-state index contributed by atoms with van der Waals surface area (Å²) in [7, 11) is 1.61. The fourth-order valence-electron chi connectivity index (χ4n) is 2.30. The van der Waals surface area contributed by atoms with Crippen LogP contribution in [-0.4, -0.2) is 30.5 Å². The van der Waals surface area contributed by atoms with Crippen LogP contribution < -0.4 is 9.47 Å². The van der Waals surface area contributed by atoms with E-state index in [-0.39, 0.29) is 18.3 Å². The van der Waals surface area contributed by atoms with E-state index in [1.54, 1.807) is 13.2 Å². The summed E-state index contributed by atoms with van der Waals surface area (Å²) >= 11 is 0. The standard InChI is InChI=1S/C15H22O4/c1-15(2)7-6-13(19-15)10-18-14-8-12(17-3)5-4-11(14)9-16/h4-5,8,13,16H,6-7,9-10H2,1-3H3. The zero-order chi connectivity index (χ0) is 13.9. The molecule has 106 valence electrons. The van der Waals surface area contributed by atoms with Crippen LogP contribution >= 0.6 is 0 Å². The van der Waals surface area contributed by atoms with E-state index in [0.717, 1.165) is 24.2 Å². The summed E-state index contributed by atoms with van der Waals surface area (Å²) in [5.74, 6) is 1.38. The van der Waals surface area contributed by atoms with Crippen molar-refractivity contribution in [2.24, 2.45) is 0 Å². The molecule has 19 heavy (non-hydrogen) atoms. The highest BCUT2D eigenvalue weighted by Gasteiger charge is 2.32. The summed E-state index contributed by atoms with van der Waals surface area (Å²) in [5, 5.41) is 9.31. The number of benzene rings is 1. The quantitative estimate of drug-likeness (QED) is 0.889. The average Bonchev–Trinajstić information content (AvgIpc) is 2.75. The Morgan fingerprint density at radius 3 is 2.79 bits per heavy atom. The summed E-state index contributed by atoms with van der Waals surface area (Å²) in [6, 6.07) is 5.42. The van der Waals surface area contributed by atoms with Crippen LogP contribution in [-0.2, 0) is 11.3 Å². The van der Waals surface area contributed by atoms with Crippen molar-refractivity contribution in [2.45, 2.75) is 45.0 Å². The third kappa shape index (κ3) is 3.61. The molecular formula is C15H22O4. The summed E-state index contributed by atoms with van der Waals surface area (Å²) in [4.78, 5) is 0. The van der Waals surface area contributed by atoms with Crippen LogP contribution in [0.1, 0.15) is 32.3 Å². The van der Waals surface area contributed by atoms with Gasteiger partial charge in [0.2, 0.25) is 0 Å². The van der Waals surface area contributed by atoms with Crippen LogP contribution in [0.2, 0.25) is 0 Å². The van der Waals surface area contributed by atoms with Gasteiger partial charge < -0.3 is 19.3 Å². The fraction of sp³-hybridized carbons (Fsp3) is 0.600. The second-order valence-electron chi connectivity index (χ2n) is 5.48. The lowest BCUT2D eigenvalue weighted by Crippen LogP contribution is -2.24. The van der Waals surface area contributed by atoms with Crippen molar-refractivity contribution >= 4 is 0 Å². The molecule has 0 amide bonds. The minimum atomic E-state index is -0.0534. The third-order valence-corrected chi connectivity index (χ3v) is 3.42. The Morgan fingerprint density at radius 1 is 1.42 bits per heavy atom. The zero-order valence-electron chi connectivity index (χ0n) is 11.8. The van der Waals surface area contributed by atoms with Crippen molar-refractivity contribution in [3.05, 3.63) is 23.8 Å². The molecule has 1 aromatic carbocycles. The lowest BCUT2D eigenvalue weighted by molar-refractivity contribution is -0.0329. The maximum atomic E-state index is 9.31. The molecule has 4 nitrogen and oxygen atoms in total. The Morgan fingerprint density at radius 2 is 2.21 bits per heavy atom. The molecule has 0 aliphatic carbocycles. The summed E-state index contributed by atoms with van der Waals surface area (Å²) in [6.07, 6.45) is 2.17. The summed E-state index contributed by atoms with van der Waals surface area (Å²) in [6.45, 7) is 4.65. The minimum absolute atomic E-state index is 0.0453. The Balaban J connectivity index is 1.98. The first-order valence-corrected chi connectivity index (χ1v) is 6.62. The van der Waals surface area contributed by atoms with E-state index < -0.39 is 0 Å². The van der Waals surface area contributed by atoms with E-state index in [1.165, 1.54) is 0 Å². The van der Waals surface area contributed by atoms with E-state index in [1.807, 2.05) is 12.1 Å². The van der Waals surface area contributed by atoms with Crippen LogP contribution in [0.25, 0.3) is 0 Å². The molecule has 1 aromatic rings. The summed E-state index contributed by atoms with van der Waals surface area (Å²) in [5.41, 5.74) is 0.709. The lowest BCUT2D eigenvalue weighted by atomic mass is 10.1. The Bertz CT molecular complexity index is 428. The highest BCUT2D eigenvalue weighted by molar-refractivity contribution is 5.40. The number of methoxy groups -OCH3 is 1. The van der Waals surface area contributed by atoms with E-state index in [9.17, 15) is 5.11 Å². The van der Waals surface area contributed by atoms with Gasteiger partial charge in [0.05, 0.1) is 25.4 Å². The normalized spacial score (nSPS) is 21.4. The van der Waals surface area contributed by atoms with E-state index in [4.69, 9.17) is 14.2 Å². The fourth-order valence-corrected chi connectivity index (χ4v) is 2.30. The zero-order valence-corrected chi connectivity index (χ0v) is 11.8. The second-order valence-corrected chi connectivity index (χ2v) is 5.48. The van der Waals surface area contributed by atoms with Crippen LogP contribution in [0.4, 0.5) is 0 Å². The van der Waals surface area contributed by atoms with Gasteiger partial charge >= 0.3 is 0 Å². The predicted molar refractivity (Wildman–Crippen MR) is 72.6 cm³/mol. The largest absolute Gasteiger partial charge is 0.497 e. The van der Waals surface area contributed by atoms with E-state index in [0.29, 0.717) is 12.4 Å². The van der Waals surface area contributed by atoms with Gasteiger partial charge in [0, 0.05) is 11.6 Å². The molecule has 1 heterocycles. The predicted octanol–water partition coefficient (Wildman–Crippen LogP) is 2.52. The number of aliphatic hydroxyl groups excluding tert-OH is 1. The molecule has 1 aliphatic rings. The first-order chi connectivity index (χ1) is 9.04. The topological polar surface area (TPSA) is 47.9 Å². The van der Waals surface area contributed by atoms with Crippen LogP contribution in [0.5, 0.6) is 11.5 Å². The van der Waals surface area contributed by atoms with E-state index in [2.05, 4.69) is 13.8 Å². The molecule has 1 atom stereocenters. The van der Waals surface area contributed by atoms with Crippen molar-refractivity contribution in [3.8, 4) is 11.5 Å². The third-order valence-electron chi connectivity index (χ3n) is 3.42. The van der Waals surface area contributed by atoms with Crippen molar-refractivity contribution < 1.29 is 19.3 Å². The van der Waals surface area contributed by atoms with Crippen molar-refractivity contribution in [1.29, 1.82) is 0 Å². The summed E-state index contributed by atoms with van der Waals surface area (Å²) < 4.78 is 16.8. The van der Waals surface area contributed by atoms with Gasteiger partial charge in [0.1, 0.15) is 18.1 Å². The monoisotopic (exact) mass is 266 g/mol. The molecule has 0 saturated carbocycles. The van der Waals surface area contributed by atoms with E-state index >= 15 is 0 Å². The second kappa shape index (κ2) is 5.80. The van der Waals surface area contributed by atoms with Crippen molar-refractivity contribution in [2.75, 3.05) is 13.7 Å². The van der Waals surface area contributed by atoms with Gasteiger partial charge in [-0.3, -0.25) is 0 Å². The molecule has 1 saturated heterocycles. The van der Waals surface area contributed by atoms with Crippen LogP contribution in [0.3, 0.4) is 0 Å². The molecule has 1 aliphatic heterocycles. The minimum Gasteiger partial charge on any atom is -0.497 e. The Hall–Kier alpha value is -1.26. The van der Waals surface area contributed by atoms with Gasteiger partial charge in [0.15, 0.2) is 0 Å². The molecule has 1 unspecified atom stereocenters. The number of hydrogen-bond acceptors (Lipinski definition) is 4. The lowest BCUT2D eigenvalue weighted by Gasteiger charge is -2.20. The number of ether oxygens (including phenoxy) is 3. The van der Waals surface area contributed by atoms with Gasteiger partial charge in [-0.15, -0.1) is 0 Å². The Labute approximate surface area is 114 Å². The van der Waals surface area contributed by atoms with Gasteiger partial charge in [0.25, 0.3) is 0 Å². The van der Waals surface area contributed by atoms with Crippen molar-refractivity contribution in [1.82, 2.24) is 0 Å². The van der Waals surface area contributed by atoms with Gasteiger partial charge in [-0.05, 0) is 38.8 Å². The molecule has 0 bridgehead atoms. The molecular weight excluding hydrogens is 244 g/mol. The van der Waals surface area contributed by atoms with Gasteiger partial charge in [-0.2, -0.15) is 0 Å². The average molecular weight is 266 g/mol. The number of aliphatic hydroxyl groups is 1. The first kappa shape index (κ1) is 14.2. The molecule has 4 heteroatoms. The SMILES string of the molecule is COc1ccc(CO)c(OCC2CCC(C)(C)O2)c1. The van der Waals surface area contributed by atoms with Crippen LogP contribution in [0, 0.1) is 0 Å². The van der Waals surface area contributed by atoms with Crippen LogP contribution in [0.15, 0.2) is 18.2 Å². The Kier molecular flexibility index (Phi) is 4.32. The first-order valence-electron chi connectivity index (χ1n) is 6.62. The maximum Gasteiger partial charge on any atom is 0.128 e.